The molecule has 1 heterocycles. The second-order valence-electron chi connectivity index (χ2n) is 2.98. The Bertz CT molecular complexity index is 334. The van der Waals surface area contributed by atoms with Crippen LogP contribution < -0.4 is 5.32 Å². The summed E-state index contributed by atoms with van der Waals surface area (Å²) in [6, 6.07) is 0. The van der Waals surface area contributed by atoms with Gasteiger partial charge in [0.05, 0.1) is 18.3 Å². The summed E-state index contributed by atoms with van der Waals surface area (Å²) >= 11 is 0. The number of carbonyl (C=O) groups excluding carboxylic acids is 2. The van der Waals surface area contributed by atoms with Gasteiger partial charge in [0.15, 0.2) is 0 Å². The van der Waals surface area contributed by atoms with Crippen molar-refractivity contribution in [1.82, 2.24) is 20.4 Å². The molecular formula is C9H14N4O2. The molecule has 0 spiro atoms. The summed E-state index contributed by atoms with van der Waals surface area (Å²) in [5.41, 5.74) is 0.459. The van der Waals surface area contributed by atoms with Crippen LogP contribution in [0.15, 0.2) is 12.4 Å². The van der Waals surface area contributed by atoms with Crippen LogP contribution in [0.4, 0.5) is 0 Å². The van der Waals surface area contributed by atoms with Crippen LogP contribution in [0.25, 0.3) is 0 Å². The van der Waals surface area contributed by atoms with Gasteiger partial charge in [0.2, 0.25) is 5.91 Å². The lowest BCUT2D eigenvalue weighted by Gasteiger charge is -2.18. The van der Waals surface area contributed by atoms with Crippen LogP contribution in [-0.4, -0.2) is 47.0 Å². The first-order chi connectivity index (χ1) is 7.19. The van der Waals surface area contributed by atoms with E-state index in [0.717, 1.165) is 0 Å². The summed E-state index contributed by atoms with van der Waals surface area (Å²) in [6.45, 7) is 2.37. The van der Waals surface area contributed by atoms with Gasteiger partial charge in [-0.2, -0.15) is 5.10 Å². The van der Waals surface area contributed by atoms with E-state index in [2.05, 4.69) is 15.5 Å². The van der Waals surface area contributed by atoms with Crippen LogP contribution >= 0.6 is 0 Å². The van der Waals surface area contributed by atoms with Crippen molar-refractivity contribution in [1.29, 1.82) is 0 Å². The van der Waals surface area contributed by atoms with E-state index in [-0.39, 0.29) is 18.4 Å². The zero-order chi connectivity index (χ0) is 11.3. The number of aromatic nitrogens is 2. The fourth-order valence-electron chi connectivity index (χ4n) is 1.13. The molecule has 0 aliphatic carbocycles. The van der Waals surface area contributed by atoms with Crippen LogP contribution in [-0.2, 0) is 4.79 Å². The lowest BCUT2D eigenvalue weighted by atomic mass is 10.3. The van der Waals surface area contributed by atoms with E-state index in [1.54, 1.807) is 7.05 Å². The predicted molar refractivity (Wildman–Crippen MR) is 54.2 cm³/mol. The lowest BCUT2D eigenvalue weighted by molar-refractivity contribution is -0.121. The number of amides is 2. The Balaban J connectivity index is 2.67. The number of rotatable bonds is 4. The van der Waals surface area contributed by atoms with Crippen molar-refractivity contribution in [2.24, 2.45) is 0 Å². The van der Waals surface area contributed by atoms with Gasteiger partial charge in [0.1, 0.15) is 0 Å². The van der Waals surface area contributed by atoms with Gasteiger partial charge < -0.3 is 10.2 Å². The molecule has 15 heavy (non-hydrogen) atoms. The molecule has 0 bridgehead atoms. The van der Waals surface area contributed by atoms with E-state index >= 15 is 0 Å². The molecule has 0 saturated heterocycles. The third-order valence-corrected chi connectivity index (χ3v) is 2.03. The van der Waals surface area contributed by atoms with Gasteiger partial charge in [-0.05, 0) is 6.92 Å². The van der Waals surface area contributed by atoms with Gasteiger partial charge in [-0.1, -0.05) is 0 Å². The summed E-state index contributed by atoms with van der Waals surface area (Å²) in [7, 11) is 1.54. The number of nitrogens with one attached hydrogen (secondary N) is 2. The van der Waals surface area contributed by atoms with E-state index in [0.29, 0.717) is 12.1 Å². The van der Waals surface area contributed by atoms with Crippen molar-refractivity contribution in [2.75, 3.05) is 20.1 Å². The molecule has 0 fully saturated rings. The molecule has 1 rings (SSSR count). The summed E-state index contributed by atoms with van der Waals surface area (Å²) < 4.78 is 0. The van der Waals surface area contributed by atoms with Gasteiger partial charge in [0, 0.05) is 19.8 Å². The molecule has 0 atom stereocenters. The standard InChI is InChI=1S/C9H14N4O2/c1-3-13(6-8(14)10-2)9(15)7-4-11-12-5-7/h4-5H,3,6H2,1-2H3,(H,10,14)(H,11,12). The van der Waals surface area contributed by atoms with Crippen molar-refractivity contribution in [3.8, 4) is 0 Å². The monoisotopic (exact) mass is 210 g/mol. The summed E-state index contributed by atoms with van der Waals surface area (Å²) in [4.78, 5) is 24.3. The highest BCUT2D eigenvalue weighted by atomic mass is 16.2. The molecule has 1 aromatic heterocycles. The summed E-state index contributed by atoms with van der Waals surface area (Å²) in [5, 5.41) is 8.72. The maximum Gasteiger partial charge on any atom is 0.257 e. The second-order valence-corrected chi connectivity index (χ2v) is 2.98. The number of H-pyrrole nitrogens is 1. The Morgan fingerprint density at radius 2 is 2.33 bits per heavy atom. The van der Waals surface area contributed by atoms with Crippen LogP contribution in [0.5, 0.6) is 0 Å². The average Bonchev–Trinajstić information content (AvgIpc) is 2.77. The normalized spacial score (nSPS) is 9.73. The van der Waals surface area contributed by atoms with Crippen LogP contribution in [0.1, 0.15) is 17.3 Å². The van der Waals surface area contributed by atoms with Crippen molar-refractivity contribution >= 4 is 11.8 Å². The van der Waals surface area contributed by atoms with Crippen LogP contribution in [0, 0.1) is 0 Å². The highest BCUT2D eigenvalue weighted by molar-refractivity contribution is 5.96. The molecule has 0 aliphatic rings. The van der Waals surface area contributed by atoms with E-state index in [4.69, 9.17) is 0 Å². The molecule has 0 aromatic carbocycles. The van der Waals surface area contributed by atoms with E-state index in [9.17, 15) is 9.59 Å². The first-order valence-electron chi connectivity index (χ1n) is 4.67. The lowest BCUT2D eigenvalue weighted by Crippen LogP contribution is -2.39. The minimum Gasteiger partial charge on any atom is -0.358 e. The van der Waals surface area contributed by atoms with Gasteiger partial charge in [-0.15, -0.1) is 0 Å². The van der Waals surface area contributed by atoms with Crippen LogP contribution in [0.2, 0.25) is 0 Å². The third-order valence-electron chi connectivity index (χ3n) is 2.03. The first-order valence-corrected chi connectivity index (χ1v) is 4.67. The largest absolute Gasteiger partial charge is 0.358 e. The van der Waals surface area contributed by atoms with Gasteiger partial charge in [0.25, 0.3) is 5.91 Å². The van der Waals surface area contributed by atoms with Crippen molar-refractivity contribution in [3.63, 3.8) is 0 Å². The van der Waals surface area contributed by atoms with Crippen molar-refractivity contribution in [3.05, 3.63) is 18.0 Å². The number of nitrogens with zero attached hydrogens (tertiary/aromatic N) is 2. The number of aromatic amines is 1. The zero-order valence-electron chi connectivity index (χ0n) is 8.78. The molecule has 0 unspecified atom stereocenters. The molecule has 82 valence electrons. The van der Waals surface area contributed by atoms with E-state index in [1.807, 2.05) is 6.92 Å². The number of likely N-dealkylation sites (N-methyl/N-ethyl adjacent to an activating group) is 2. The molecule has 1 aromatic rings. The highest BCUT2D eigenvalue weighted by Gasteiger charge is 2.17. The molecule has 0 radical (unpaired) electrons. The zero-order valence-corrected chi connectivity index (χ0v) is 8.78. The smallest absolute Gasteiger partial charge is 0.257 e. The molecule has 6 heteroatoms. The third kappa shape index (κ3) is 2.80. The van der Waals surface area contributed by atoms with E-state index in [1.165, 1.54) is 17.3 Å². The van der Waals surface area contributed by atoms with Crippen molar-refractivity contribution in [2.45, 2.75) is 6.92 Å². The second kappa shape index (κ2) is 5.14. The van der Waals surface area contributed by atoms with Gasteiger partial charge in [-0.25, -0.2) is 0 Å². The molecule has 0 saturated carbocycles. The SMILES string of the molecule is CCN(CC(=O)NC)C(=O)c1cn[nH]c1. The fraction of sp³-hybridized carbons (Fsp3) is 0.444. The maximum atomic E-state index is 11.8. The Morgan fingerprint density at radius 1 is 1.60 bits per heavy atom. The van der Waals surface area contributed by atoms with E-state index < -0.39 is 0 Å². The quantitative estimate of drug-likeness (QED) is 0.711. The summed E-state index contributed by atoms with van der Waals surface area (Å²) in [5.74, 6) is -0.386. The number of hydrogen-bond donors (Lipinski definition) is 2. The minimum absolute atomic E-state index is 0.0665. The first kappa shape index (κ1) is 11.2. The molecular weight excluding hydrogens is 196 g/mol. The average molecular weight is 210 g/mol. The Morgan fingerprint density at radius 3 is 2.80 bits per heavy atom. The Labute approximate surface area is 87.7 Å². The Hall–Kier alpha value is -1.85. The maximum absolute atomic E-state index is 11.8. The number of carbonyl (C=O) groups is 2. The molecule has 0 aliphatic heterocycles. The van der Waals surface area contributed by atoms with Crippen LogP contribution in [0.3, 0.4) is 0 Å². The topological polar surface area (TPSA) is 78.1 Å². The Kier molecular flexibility index (Phi) is 3.84. The van der Waals surface area contributed by atoms with Gasteiger partial charge in [-0.3, -0.25) is 14.7 Å². The number of hydrogen-bond acceptors (Lipinski definition) is 3. The van der Waals surface area contributed by atoms with Crippen molar-refractivity contribution < 1.29 is 9.59 Å². The molecule has 2 N–H and O–H groups in total. The molecule has 6 nitrogen and oxygen atoms in total. The minimum atomic E-state index is -0.199. The summed E-state index contributed by atoms with van der Waals surface area (Å²) in [6.07, 6.45) is 2.95. The predicted octanol–water partition coefficient (Wildman–Crippen LogP) is -0.382. The fourth-order valence-corrected chi connectivity index (χ4v) is 1.13. The highest BCUT2D eigenvalue weighted by Crippen LogP contribution is 2.01. The molecule has 2 amide bonds. The van der Waals surface area contributed by atoms with Gasteiger partial charge >= 0.3 is 0 Å².